The second kappa shape index (κ2) is 12.6. The zero-order valence-corrected chi connectivity index (χ0v) is 23.3. The molecule has 0 aliphatic carbocycles. The number of methoxy groups -OCH3 is 1. The lowest BCUT2D eigenvalue weighted by Crippen LogP contribution is -2.22. The second-order valence-corrected chi connectivity index (χ2v) is 10.2. The van der Waals surface area contributed by atoms with E-state index in [-0.39, 0.29) is 0 Å². The van der Waals surface area contributed by atoms with Gasteiger partial charge in [0.05, 0.1) is 43.4 Å². The molecule has 5 rings (SSSR count). The second-order valence-electron chi connectivity index (χ2n) is 9.38. The number of nitrogens with zero attached hydrogens (tertiary/aromatic N) is 4. The quantitative estimate of drug-likeness (QED) is 0.185. The van der Waals surface area contributed by atoms with Crippen molar-refractivity contribution in [1.29, 1.82) is 0 Å². The topological polar surface area (TPSA) is 75.7 Å². The van der Waals surface area contributed by atoms with Crippen molar-refractivity contribution in [1.82, 2.24) is 15.0 Å². The van der Waals surface area contributed by atoms with Crippen LogP contribution in [0.1, 0.15) is 16.8 Å². The van der Waals surface area contributed by atoms with Crippen LogP contribution in [-0.2, 0) is 24.4 Å². The van der Waals surface area contributed by atoms with Crippen molar-refractivity contribution in [2.45, 2.75) is 19.7 Å². The summed E-state index contributed by atoms with van der Waals surface area (Å²) in [6.07, 6.45) is 1.72. The third-order valence-electron chi connectivity index (χ3n) is 6.26. The third kappa shape index (κ3) is 7.07. The van der Waals surface area contributed by atoms with Gasteiger partial charge in [0.25, 0.3) is 0 Å². The molecule has 1 N–H and O–H groups in total. The van der Waals surface area contributed by atoms with E-state index in [4.69, 9.17) is 19.2 Å². The van der Waals surface area contributed by atoms with E-state index in [1.807, 2.05) is 50.5 Å². The van der Waals surface area contributed by atoms with E-state index in [1.165, 1.54) is 5.56 Å². The Kier molecular flexibility index (Phi) is 8.60. The molecule has 8 nitrogen and oxygen atoms in total. The van der Waals surface area contributed by atoms with Gasteiger partial charge >= 0.3 is 0 Å². The van der Waals surface area contributed by atoms with Gasteiger partial charge in [0.1, 0.15) is 18.1 Å². The van der Waals surface area contributed by atoms with Crippen LogP contribution in [0.5, 0.6) is 11.5 Å². The molecular formula is C30H33N5O3S. The molecule has 2 aromatic heterocycles. The van der Waals surface area contributed by atoms with Crippen LogP contribution in [0.4, 0.5) is 10.8 Å². The predicted molar refractivity (Wildman–Crippen MR) is 157 cm³/mol. The molecule has 0 aliphatic rings. The summed E-state index contributed by atoms with van der Waals surface area (Å²) in [6, 6.07) is 22.5. The lowest BCUT2D eigenvalue weighted by atomic mass is 10.1. The molecule has 39 heavy (non-hydrogen) atoms. The Morgan fingerprint density at radius 3 is 2.56 bits per heavy atom. The average molecular weight is 544 g/mol. The highest BCUT2D eigenvalue weighted by Crippen LogP contribution is 2.27. The summed E-state index contributed by atoms with van der Waals surface area (Å²) in [7, 11) is 5.72. The van der Waals surface area contributed by atoms with Crippen LogP contribution in [0.25, 0.3) is 11.0 Å². The number of anilines is 2. The number of benzene rings is 3. The molecule has 2 heterocycles. The number of fused-ring (bicyclic) bond motifs is 1. The van der Waals surface area contributed by atoms with Gasteiger partial charge in [0, 0.05) is 44.3 Å². The average Bonchev–Trinajstić information content (AvgIpc) is 3.62. The van der Waals surface area contributed by atoms with Gasteiger partial charge in [-0.2, -0.15) is 0 Å². The molecule has 0 atom stereocenters. The number of rotatable bonds is 13. The fraction of sp³-hybridized carbons (Fsp3) is 0.267. The van der Waals surface area contributed by atoms with Gasteiger partial charge < -0.3 is 29.0 Å². The monoisotopic (exact) mass is 543 g/mol. The number of hydrogen-bond donors (Lipinski definition) is 1. The SMILES string of the molecule is COc1cccc(CN(Cc2ccc3nc[nH]c3c2)c2nc(COCCOc3cccc(N(C)C)c3)cs2)c1. The highest BCUT2D eigenvalue weighted by atomic mass is 32.1. The van der Waals surface area contributed by atoms with Crippen LogP contribution in [0.3, 0.4) is 0 Å². The first kappa shape index (κ1) is 26.5. The lowest BCUT2D eigenvalue weighted by molar-refractivity contribution is 0.0873. The molecule has 0 unspecified atom stereocenters. The third-order valence-corrected chi connectivity index (χ3v) is 7.21. The van der Waals surface area contributed by atoms with Gasteiger partial charge in [-0.25, -0.2) is 9.97 Å². The summed E-state index contributed by atoms with van der Waals surface area (Å²) in [5.41, 5.74) is 6.33. The molecule has 0 amide bonds. The number of ether oxygens (including phenoxy) is 3. The lowest BCUT2D eigenvalue weighted by Gasteiger charge is -2.22. The first-order valence-electron chi connectivity index (χ1n) is 12.8. The Bertz CT molecular complexity index is 1500. The minimum absolute atomic E-state index is 0.435. The molecule has 202 valence electrons. The Labute approximate surface area is 232 Å². The normalized spacial score (nSPS) is 11.1. The molecule has 0 fully saturated rings. The molecular weight excluding hydrogens is 510 g/mol. The van der Waals surface area contributed by atoms with Crippen LogP contribution in [0, 0.1) is 0 Å². The van der Waals surface area contributed by atoms with Crippen molar-refractivity contribution in [3.05, 3.63) is 95.3 Å². The first-order valence-corrected chi connectivity index (χ1v) is 13.7. The largest absolute Gasteiger partial charge is 0.497 e. The molecule has 0 bridgehead atoms. The number of H-pyrrole nitrogens is 1. The molecule has 0 radical (unpaired) electrons. The van der Waals surface area contributed by atoms with E-state index in [9.17, 15) is 0 Å². The van der Waals surface area contributed by atoms with Crippen molar-refractivity contribution >= 4 is 33.2 Å². The highest BCUT2D eigenvalue weighted by molar-refractivity contribution is 7.13. The minimum Gasteiger partial charge on any atom is -0.497 e. The number of aromatic nitrogens is 3. The summed E-state index contributed by atoms with van der Waals surface area (Å²) in [6.45, 7) is 2.80. The number of hydrogen-bond acceptors (Lipinski definition) is 8. The summed E-state index contributed by atoms with van der Waals surface area (Å²) < 4.78 is 17.2. The van der Waals surface area contributed by atoms with Crippen LogP contribution in [-0.4, -0.2) is 49.4 Å². The highest BCUT2D eigenvalue weighted by Gasteiger charge is 2.14. The van der Waals surface area contributed by atoms with Gasteiger partial charge in [-0.1, -0.05) is 24.3 Å². The van der Waals surface area contributed by atoms with Gasteiger partial charge in [-0.05, 0) is 47.5 Å². The zero-order chi connectivity index (χ0) is 27.0. The summed E-state index contributed by atoms with van der Waals surface area (Å²) in [4.78, 5) is 16.8. The van der Waals surface area contributed by atoms with E-state index < -0.39 is 0 Å². The zero-order valence-electron chi connectivity index (χ0n) is 22.5. The van der Waals surface area contributed by atoms with Gasteiger partial charge in [0.15, 0.2) is 5.13 Å². The molecule has 0 saturated carbocycles. The Balaban J connectivity index is 1.22. The standard InChI is InChI=1S/C30H33N5O3S/c1-34(2)25-7-5-9-27(16-25)38-13-12-37-19-24-20-39-30(33-24)35(17-22-6-4-8-26(14-22)36-3)18-23-10-11-28-29(15-23)32-21-31-28/h4-11,14-16,20-21H,12-13,17-19H2,1-3H3,(H,31,32). The van der Waals surface area contributed by atoms with Crippen molar-refractivity contribution in [3.8, 4) is 11.5 Å². The van der Waals surface area contributed by atoms with E-state index in [0.29, 0.717) is 32.9 Å². The van der Waals surface area contributed by atoms with Crippen LogP contribution < -0.4 is 19.3 Å². The van der Waals surface area contributed by atoms with Crippen LogP contribution in [0.15, 0.2) is 78.4 Å². The number of aromatic amines is 1. The smallest absolute Gasteiger partial charge is 0.186 e. The number of thiazole rings is 1. The van der Waals surface area contributed by atoms with Gasteiger partial charge in [-0.3, -0.25) is 0 Å². The molecule has 0 spiro atoms. The molecule has 9 heteroatoms. The predicted octanol–water partition coefficient (Wildman–Crippen LogP) is 5.90. The van der Waals surface area contributed by atoms with Crippen LogP contribution >= 0.6 is 11.3 Å². The minimum atomic E-state index is 0.435. The fourth-order valence-corrected chi connectivity index (χ4v) is 5.05. The molecule has 0 saturated heterocycles. The Morgan fingerprint density at radius 1 is 0.897 bits per heavy atom. The Morgan fingerprint density at radius 2 is 1.72 bits per heavy atom. The van der Waals surface area contributed by atoms with E-state index >= 15 is 0 Å². The maximum atomic E-state index is 5.88. The van der Waals surface area contributed by atoms with E-state index in [1.54, 1.807) is 24.8 Å². The van der Waals surface area contributed by atoms with Crippen molar-refractivity contribution in [2.75, 3.05) is 44.2 Å². The maximum absolute atomic E-state index is 5.88. The van der Waals surface area contributed by atoms with Gasteiger partial charge in [0.2, 0.25) is 0 Å². The number of nitrogens with one attached hydrogen (secondary N) is 1. The summed E-state index contributed by atoms with van der Waals surface area (Å²) in [5, 5.41) is 3.01. The Hall–Kier alpha value is -4.08. The van der Waals surface area contributed by atoms with Crippen molar-refractivity contribution in [3.63, 3.8) is 0 Å². The molecule has 0 aliphatic heterocycles. The van der Waals surface area contributed by atoms with Crippen LogP contribution in [0.2, 0.25) is 0 Å². The van der Waals surface area contributed by atoms with Gasteiger partial charge in [-0.15, -0.1) is 11.3 Å². The van der Waals surface area contributed by atoms with E-state index in [0.717, 1.165) is 44.6 Å². The summed E-state index contributed by atoms with van der Waals surface area (Å²) in [5.74, 6) is 1.68. The number of imidazole rings is 1. The van der Waals surface area contributed by atoms with Crippen molar-refractivity contribution in [2.24, 2.45) is 0 Å². The van der Waals surface area contributed by atoms with E-state index in [2.05, 4.69) is 55.5 Å². The summed E-state index contributed by atoms with van der Waals surface area (Å²) >= 11 is 1.62. The molecule has 5 aromatic rings. The fourth-order valence-electron chi connectivity index (χ4n) is 4.24. The van der Waals surface area contributed by atoms with Crippen molar-refractivity contribution < 1.29 is 14.2 Å². The first-order chi connectivity index (χ1) is 19.1. The maximum Gasteiger partial charge on any atom is 0.186 e. The molecule has 3 aromatic carbocycles.